The average molecular weight is 144 g/mol. The fourth-order valence-corrected chi connectivity index (χ4v) is 1.39. The second kappa shape index (κ2) is 6.34. The summed E-state index contributed by atoms with van der Waals surface area (Å²) in [4.78, 5) is 0. The Morgan fingerprint density at radius 3 is 2.33 bits per heavy atom. The monoisotopic (exact) mass is 144 g/mol. The highest BCUT2D eigenvalue weighted by molar-refractivity contribution is 6.11. The normalized spacial score (nSPS) is 14.0. The maximum Gasteiger partial charge on any atom is 0.00637 e. The molecule has 0 radical (unpaired) electrons. The first-order valence-corrected chi connectivity index (χ1v) is 5.42. The molecule has 0 amide bonds. The molecule has 0 heterocycles. The summed E-state index contributed by atoms with van der Waals surface area (Å²) in [5.41, 5.74) is 1.04. The lowest BCUT2D eigenvalue weighted by atomic mass is 10.1. The Labute approximate surface area is 62.5 Å². The third kappa shape index (κ3) is 8.22. The van der Waals surface area contributed by atoms with Crippen molar-refractivity contribution in [3.63, 3.8) is 0 Å². The zero-order chi connectivity index (χ0) is 7.11. The lowest BCUT2D eigenvalue weighted by molar-refractivity contribution is 0.624. The first-order valence-electron chi connectivity index (χ1n) is 4.27. The lowest BCUT2D eigenvalue weighted by Crippen LogP contribution is -1.85. The van der Waals surface area contributed by atoms with Crippen LogP contribution in [0.2, 0.25) is 5.54 Å². The summed E-state index contributed by atoms with van der Waals surface area (Å²) < 4.78 is 0. The van der Waals surface area contributed by atoms with Gasteiger partial charge in [-0.05, 0) is 0 Å². The molecule has 0 saturated heterocycles. The molecule has 56 valence electrons. The molecule has 0 aromatic heterocycles. The van der Waals surface area contributed by atoms with Crippen molar-refractivity contribution in [3.05, 3.63) is 0 Å². The van der Waals surface area contributed by atoms with Gasteiger partial charge in [0.05, 0.1) is 0 Å². The van der Waals surface area contributed by atoms with E-state index in [0.717, 1.165) is 5.54 Å². The van der Waals surface area contributed by atoms with Crippen LogP contribution in [0, 0.1) is 0 Å². The first-order chi connectivity index (χ1) is 4.27. The van der Waals surface area contributed by atoms with Crippen LogP contribution < -0.4 is 0 Å². The van der Waals surface area contributed by atoms with E-state index >= 15 is 0 Å². The van der Waals surface area contributed by atoms with Crippen LogP contribution in [0.15, 0.2) is 0 Å². The van der Waals surface area contributed by atoms with Crippen LogP contribution in [0.4, 0.5) is 0 Å². The number of rotatable bonds is 5. The van der Waals surface area contributed by atoms with Crippen molar-refractivity contribution in [1.29, 1.82) is 0 Å². The molecule has 0 spiro atoms. The standard InChI is InChI=1S/C8H20Si/c1-3-4-5-6-7-8(2)9/h8H,3-7H2,1-2,9H3. The Bertz CT molecular complexity index is 50.5. The van der Waals surface area contributed by atoms with Crippen LogP contribution in [-0.2, 0) is 0 Å². The van der Waals surface area contributed by atoms with Crippen molar-refractivity contribution in [2.75, 3.05) is 0 Å². The lowest BCUT2D eigenvalue weighted by Gasteiger charge is -2.01. The quantitative estimate of drug-likeness (QED) is 0.409. The zero-order valence-electron chi connectivity index (χ0n) is 7.11. The van der Waals surface area contributed by atoms with E-state index in [1.54, 1.807) is 0 Å². The molecule has 0 N–H and O–H groups in total. The van der Waals surface area contributed by atoms with Gasteiger partial charge in [-0.2, -0.15) is 0 Å². The third-order valence-corrected chi connectivity index (χ3v) is 2.21. The van der Waals surface area contributed by atoms with Gasteiger partial charge in [0, 0.05) is 10.2 Å². The summed E-state index contributed by atoms with van der Waals surface area (Å²) in [6, 6.07) is 0. The summed E-state index contributed by atoms with van der Waals surface area (Å²) in [5, 5.41) is 0. The van der Waals surface area contributed by atoms with Crippen molar-refractivity contribution < 1.29 is 0 Å². The number of hydrogen-bond donors (Lipinski definition) is 0. The Morgan fingerprint density at radius 2 is 1.89 bits per heavy atom. The summed E-state index contributed by atoms with van der Waals surface area (Å²) >= 11 is 0. The van der Waals surface area contributed by atoms with Crippen LogP contribution >= 0.6 is 0 Å². The van der Waals surface area contributed by atoms with Gasteiger partial charge < -0.3 is 0 Å². The van der Waals surface area contributed by atoms with Crippen molar-refractivity contribution in [3.8, 4) is 0 Å². The van der Waals surface area contributed by atoms with E-state index in [9.17, 15) is 0 Å². The topological polar surface area (TPSA) is 0 Å². The summed E-state index contributed by atoms with van der Waals surface area (Å²) in [6.45, 7) is 4.63. The molecule has 0 fully saturated rings. The molecule has 0 aromatic rings. The van der Waals surface area contributed by atoms with E-state index < -0.39 is 0 Å². The molecule has 0 aliphatic heterocycles. The Kier molecular flexibility index (Phi) is 6.49. The third-order valence-electron chi connectivity index (χ3n) is 1.64. The minimum Gasteiger partial charge on any atom is -0.0658 e. The molecule has 0 aromatic carbocycles. The van der Waals surface area contributed by atoms with Gasteiger partial charge in [0.25, 0.3) is 0 Å². The minimum atomic E-state index is 1.04. The van der Waals surface area contributed by atoms with Gasteiger partial charge in [-0.3, -0.25) is 0 Å². The molecule has 0 bridgehead atoms. The smallest absolute Gasteiger partial charge is 0.00637 e. The highest BCUT2D eigenvalue weighted by Crippen LogP contribution is 2.10. The summed E-state index contributed by atoms with van der Waals surface area (Å²) in [5.74, 6) is 0. The van der Waals surface area contributed by atoms with Crippen LogP contribution in [0.1, 0.15) is 46.0 Å². The molecule has 0 nitrogen and oxygen atoms in total. The van der Waals surface area contributed by atoms with Gasteiger partial charge in [-0.1, -0.05) is 51.5 Å². The molecule has 0 saturated carbocycles. The minimum absolute atomic E-state index is 1.04. The number of hydrogen-bond acceptors (Lipinski definition) is 0. The van der Waals surface area contributed by atoms with Gasteiger partial charge >= 0.3 is 0 Å². The molecule has 0 aliphatic carbocycles. The predicted octanol–water partition coefficient (Wildman–Crippen LogP) is 2.13. The number of unbranched alkanes of at least 4 members (excludes halogenated alkanes) is 3. The fraction of sp³-hybridized carbons (Fsp3) is 1.00. The Hall–Kier alpha value is 0.217. The maximum atomic E-state index is 2.36. The highest BCUT2D eigenvalue weighted by atomic mass is 28.1. The summed E-state index contributed by atoms with van der Waals surface area (Å²) in [7, 11) is 1.39. The molecule has 9 heavy (non-hydrogen) atoms. The van der Waals surface area contributed by atoms with Gasteiger partial charge in [0.2, 0.25) is 0 Å². The zero-order valence-corrected chi connectivity index (χ0v) is 9.11. The van der Waals surface area contributed by atoms with Crippen LogP contribution in [0.3, 0.4) is 0 Å². The highest BCUT2D eigenvalue weighted by Gasteiger charge is 1.91. The van der Waals surface area contributed by atoms with E-state index in [0.29, 0.717) is 0 Å². The molecular weight excluding hydrogens is 124 g/mol. The maximum absolute atomic E-state index is 2.36. The van der Waals surface area contributed by atoms with E-state index in [2.05, 4.69) is 13.8 Å². The average Bonchev–Trinajstić information content (AvgIpc) is 1.80. The van der Waals surface area contributed by atoms with Gasteiger partial charge in [-0.15, -0.1) is 0 Å². The SMILES string of the molecule is CCCCCCC(C)[SiH3]. The van der Waals surface area contributed by atoms with Crippen LogP contribution in [0.5, 0.6) is 0 Å². The van der Waals surface area contributed by atoms with Crippen LogP contribution in [-0.4, -0.2) is 10.2 Å². The van der Waals surface area contributed by atoms with E-state index in [4.69, 9.17) is 0 Å². The molecule has 0 aliphatic rings. The fourth-order valence-electron chi connectivity index (χ4n) is 0.979. The molecule has 0 rings (SSSR count). The van der Waals surface area contributed by atoms with Gasteiger partial charge in [0.15, 0.2) is 0 Å². The van der Waals surface area contributed by atoms with Crippen molar-refractivity contribution in [1.82, 2.24) is 0 Å². The largest absolute Gasteiger partial charge is 0.0658 e. The molecular formula is C8H20Si. The van der Waals surface area contributed by atoms with Gasteiger partial charge in [-0.25, -0.2) is 0 Å². The Morgan fingerprint density at radius 1 is 1.22 bits per heavy atom. The van der Waals surface area contributed by atoms with Gasteiger partial charge in [0.1, 0.15) is 0 Å². The predicted molar refractivity (Wildman–Crippen MR) is 48.1 cm³/mol. The van der Waals surface area contributed by atoms with Crippen molar-refractivity contribution >= 4 is 10.2 Å². The second-order valence-corrected chi connectivity index (χ2v) is 5.21. The first kappa shape index (κ1) is 9.22. The molecule has 1 unspecified atom stereocenters. The molecule has 1 atom stereocenters. The van der Waals surface area contributed by atoms with E-state index in [1.165, 1.54) is 42.3 Å². The van der Waals surface area contributed by atoms with Crippen LogP contribution in [0.25, 0.3) is 0 Å². The summed E-state index contributed by atoms with van der Waals surface area (Å²) in [6.07, 6.45) is 7.22. The molecule has 1 heteroatoms. The van der Waals surface area contributed by atoms with Crippen molar-refractivity contribution in [2.45, 2.75) is 51.5 Å². The van der Waals surface area contributed by atoms with E-state index in [1.807, 2.05) is 0 Å². The van der Waals surface area contributed by atoms with E-state index in [-0.39, 0.29) is 0 Å². The Balaban J connectivity index is 2.75. The van der Waals surface area contributed by atoms with Crippen molar-refractivity contribution in [2.24, 2.45) is 0 Å². The second-order valence-electron chi connectivity index (χ2n) is 3.24.